The fourth-order valence-electron chi connectivity index (χ4n) is 2.02. The van der Waals surface area contributed by atoms with Crippen molar-refractivity contribution in [3.8, 4) is 5.75 Å². The molecule has 0 aliphatic heterocycles. The second-order valence-corrected chi connectivity index (χ2v) is 4.89. The maximum atomic E-state index is 12.4. The molecule has 0 saturated carbocycles. The van der Waals surface area contributed by atoms with E-state index >= 15 is 0 Å². The number of benzene rings is 2. The van der Waals surface area contributed by atoms with Crippen LogP contribution in [-0.4, -0.2) is 32.1 Å². The van der Waals surface area contributed by atoms with Crippen LogP contribution in [-0.2, 0) is 9.53 Å². The summed E-state index contributed by atoms with van der Waals surface area (Å²) in [4.78, 5) is 23.6. The van der Waals surface area contributed by atoms with Crippen molar-refractivity contribution >= 4 is 23.2 Å². The molecule has 0 aliphatic carbocycles. The van der Waals surface area contributed by atoms with Crippen LogP contribution in [0, 0.1) is 0 Å². The van der Waals surface area contributed by atoms with Crippen LogP contribution in [0.1, 0.15) is 10.4 Å². The molecule has 0 atom stereocenters. The van der Waals surface area contributed by atoms with Crippen LogP contribution in [0.3, 0.4) is 0 Å². The van der Waals surface area contributed by atoms with Gasteiger partial charge in [0, 0.05) is 18.5 Å². The zero-order chi connectivity index (χ0) is 18.2. The second-order valence-electron chi connectivity index (χ2n) is 4.89. The third-order valence-electron chi connectivity index (χ3n) is 3.05. The number of hydrogen-bond donors (Lipinski definition) is 2. The SMILES string of the molecule is COCC(=O)Nc1ccc(NC(=O)c2ccccc2OC(F)F)cc1. The van der Waals surface area contributed by atoms with E-state index in [2.05, 4.69) is 15.4 Å². The lowest BCUT2D eigenvalue weighted by atomic mass is 10.2. The largest absolute Gasteiger partial charge is 0.434 e. The molecule has 0 radical (unpaired) electrons. The standard InChI is InChI=1S/C17H16F2N2O4/c1-24-10-15(22)20-11-6-8-12(9-7-11)21-16(23)13-4-2-3-5-14(13)25-17(18)19/h2-9,17H,10H2,1H3,(H,20,22)(H,21,23). The maximum absolute atomic E-state index is 12.4. The normalized spacial score (nSPS) is 10.4. The predicted molar refractivity (Wildman–Crippen MR) is 88.0 cm³/mol. The molecule has 0 saturated heterocycles. The van der Waals surface area contributed by atoms with E-state index in [1.165, 1.54) is 25.3 Å². The molecule has 0 heterocycles. The zero-order valence-corrected chi connectivity index (χ0v) is 13.3. The van der Waals surface area contributed by atoms with Crippen molar-refractivity contribution in [2.24, 2.45) is 0 Å². The molecule has 0 aromatic heterocycles. The molecular formula is C17H16F2N2O4. The van der Waals surface area contributed by atoms with Crippen LogP contribution in [0.2, 0.25) is 0 Å². The Morgan fingerprint density at radius 2 is 1.60 bits per heavy atom. The molecule has 0 spiro atoms. The molecule has 6 nitrogen and oxygen atoms in total. The van der Waals surface area contributed by atoms with Gasteiger partial charge < -0.3 is 20.1 Å². The topological polar surface area (TPSA) is 76.7 Å². The lowest BCUT2D eigenvalue weighted by Crippen LogP contribution is -2.17. The average Bonchev–Trinajstić information content (AvgIpc) is 2.57. The molecule has 0 bridgehead atoms. The molecule has 2 aromatic carbocycles. The van der Waals surface area contributed by atoms with Crippen LogP contribution in [0.25, 0.3) is 0 Å². The number of amides is 2. The summed E-state index contributed by atoms with van der Waals surface area (Å²) in [5, 5.41) is 5.18. The molecule has 2 N–H and O–H groups in total. The summed E-state index contributed by atoms with van der Waals surface area (Å²) in [5.74, 6) is -1.11. The Bertz CT molecular complexity index is 736. The molecule has 0 unspecified atom stereocenters. The Morgan fingerprint density at radius 1 is 1.00 bits per heavy atom. The van der Waals surface area contributed by atoms with Gasteiger partial charge in [0.25, 0.3) is 5.91 Å². The summed E-state index contributed by atoms with van der Waals surface area (Å²) >= 11 is 0. The lowest BCUT2D eigenvalue weighted by Gasteiger charge is -2.11. The van der Waals surface area contributed by atoms with E-state index < -0.39 is 12.5 Å². The van der Waals surface area contributed by atoms with Crippen LogP contribution >= 0.6 is 0 Å². The van der Waals surface area contributed by atoms with Gasteiger partial charge in [0.2, 0.25) is 5.91 Å². The van der Waals surface area contributed by atoms with E-state index in [9.17, 15) is 18.4 Å². The van der Waals surface area contributed by atoms with Crippen molar-refractivity contribution in [3.05, 3.63) is 54.1 Å². The molecule has 0 aliphatic rings. The van der Waals surface area contributed by atoms with Crippen molar-refractivity contribution in [3.63, 3.8) is 0 Å². The Hall–Kier alpha value is -3.00. The van der Waals surface area contributed by atoms with E-state index in [0.717, 1.165) is 0 Å². The van der Waals surface area contributed by atoms with Gasteiger partial charge in [0.15, 0.2) is 0 Å². The Balaban J connectivity index is 2.05. The molecule has 25 heavy (non-hydrogen) atoms. The molecule has 8 heteroatoms. The van der Waals surface area contributed by atoms with E-state index in [1.54, 1.807) is 30.3 Å². The van der Waals surface area contributed by atoms with E-state index in [4.69, 9.17) is 4.74 Å². The highest BCUT2D eigenvalue weighted by atomic mass is 19.3. The summed E-state index contributed by atoms with van der Waals surface area (Å²) in [7, 11) is 1.41. The van der Waals surface area contributed by atoms with E-state index in [-0.39, 0.29) is 23.8 Å². The first-order chi connectivity index (χ1) is 12.0. The number of rotatable bonds is 7. The minimum Gasteiger partial charge on any atom is -0.434 e. The third kappa shape index (κ3) is 5.54. The number of hydrogen-bond acceptors (Lipinski definition) is 4. The first-order valence-electron chi connectivity index (χ1n) is 7.23. The van der Waals surface area contributed by atoms with Gasteiger partial charge >= 0.3 is 6.61 Å². The van der Waals surface area contributed by atoms with E-state index in [1.807, 2.05) is 0 Å². The number of ether oxygens (including phenoxy) is 2. The highest BCUT2D eigenvalue weighted by Gasteiger charge is 2.15. The highest BCUT2D eigenvalue weighted by Crippen LogP contribution is 2.22. The predicted octanol–water partition coefficient (Wildman–Crippen LogP) is 3.13. The number of para-hydroxylation sites is 1. The van der Waals surface area contributed by atoms with E-state index in [0.29, 0.717) is 11.4 Å². The number of carbonyl (C=O) groups is 2. The quantitative estimate of drug-likeness (QED) is 0.804. The number of methoxy groups -OCH3 is 1. The molecule has 2 rings (SSSR count). The van der Waals surface area contributed by atoms with Crippen molar-refractivity contribution in [2.75, 3.05) is 24.4 Å². The molecule has 2 aromatic rings. The monoisotopic (exact) mass is 350 g/mol. The smallest absolute Gasteiger partial charge is 0.387 e. The zero-order valence-electron chi connectivity index (χ0n) is 13.3. The molecule has 0 fully saturated rings. The minimum absolute atomic E-state index is 0.0136. The molecule has 132 valence electrons. The van der Waals surface area contributed by atoms with Gasteiger partial charge in [0.1, 0.15) is 12.4 Å². The summed E-state index contributed by atoms with van der Waals surface area (Å²) in [6, 6.07) is 12.0. The van der Waals surface area contributed by atoms with Crippen LogP contribution in [0.15, 0.2) is 48.5 Å². The van der Waals surface area contributed by atoms with Gasteiger partial charge in [-0.05, 0) is 36.4 Å². The second kappa shape index (κ2) is 8.74. The van der Waals surface area contributed by atoms with Gasteiger partial charge in [-0.15, -0.1) is 0 Å². The molecular weight excluding hydrogens is 334 g/mol. The van der Waals surface area contributed by atoms with Crippen molar-refractivity contribution in [2.45, 2.75) is 6.61 Å². The Morgan fingerprint density at radius 3 is 2.20 bits per heavy atom. The van der Waals surface area contributed by atoms with Gasteiger partial charge in [-0.2, -0.15) is 8.78 Å². The first-order valence-corrected chi connectivity index (χ1v) is 7.23. The van der Waals surface area contributed by atoms with Crippen molar-refractivity contribution < 1.29 is 27.8 Å². The third-order valence-corrected chi connectivity index (χ3v) is 3.05. The summed E-state index contributed by atoms with van der Waals surface area (Å²) < 4.78 is 33.8. The number of nitrogens with one attached hydrogen (secondary N) is 2. The maximum Gasteiger partial charge on any atom is 0.387 e. The lowest BCUT2D eigenvalue weighted by molar-refractivity contribution is -0.119. The molecule has 2 amide bonds. The first kappa shape index (κ1) is 18.3. The number of halogens is 2. The van der Waals surface area contributed by atoms with Crippen molar-refractivity contribution in [1.82, 2.24) is 0 Å². The highest BCUT2D eigenvalue weighted by molar-refractivity contribution is 6.06. The van der Waals surface area contributed by atoms with Crippen LogP contribution in [0.5, 0.6) is 5.75 Å². The fourth-order valence-corrected chi connectivity index (χ4v) is 2.02. The van der Waals surface area contributed by atoms with Gasteiger partial charge in [-0.25, -0.2) is 0 Å². The average molecular weight is 350 g/mol. The minimum atomic E-state index is -3.02. The summed E-state index contributed by atoms with van der Waals surface area (Å²) in [5.41, 5.74) is 0.948. The number of alkyl halides is 2. The Kier molecular flexibility index (Phi) is 6.41. The van der Waals surface area contributed by atoms with Gasteiger partial charge in [-0.3, -0.25) is 9.59 Å². The summed E-state index contributed by atoms with van der Waals surface area (Å²) in [6.07, 6.45) is 0. The van der Waals surface area contributed by atoms with Crippen molar-refractivity contribution in [1.29, 1.82) is 0 Å². The Labute approximate surface area is 142 Å². The van der Waals surface area contributed by atoms with Crippen LogP contribution < -0.4 is 15.4 Å². The van der Waals surface area contributed by atoms with Crippen LogP contribution in [0.4, 0.5) is 20.2 Å². The summed E-state index contributed by atoms with van der Waals surface area (Å²) in [6.45, 7) is -3.09. The van der Waals surface area contributed by atoms with Gasteiger partial charge in [0.05, 0.1) is 5.56 Å². The van der Waals surface area contributed by atoms with Gasteiger partial charge in [-0.1, -0.05) is 12.1 Å². The number of carbonyl (C=O) groups excluding carboxylic acids is 2. The number of anilines is 2. The fraction of sp³-hybridized carbons (Fsp3) is 0.176.